The molecule has 0 amide bonds. The largest absolute Gasteiger partial charge is 0.462 e. The first-order chi connectivity index (χ1) is 9.44. The van der Waals surface area contributed by atoms with E-state index in [2.05, 4.69) is 9.62 Å². The lowest BCUT2D eigenvalue weighted by atomic mass is 10.3. The third-order valence-corrected chi connectivity index (χ3v) is 5.23. The molecule has 0 aromatic carbocycles. The lowest BCUT2D eigenvalue weighted by Crippen LogP contribution is -2.40. The predicted octanol–water partition coefficient (Wildman–Crippen LogP) is 0.843. The molecule has 2 rings (SSSR count). The minimum absolute atomic E-state index is 0.107. The van der Waals surface area contributed by atoms with Crippen molar-refractivity contribution in [2.75, 3.05) is 19.6 Å². The summed E-state index contributed by atoms with van der Waals surface area (Å²) >= 11 is 0. The molecule has 114 valence electrons. The molecule has 2 heterocycles. The van der Waals surface area contributed by atoms with Gasteiger partial charge in [0.25, 0.3) is 0 Å². The van der Waals surface area contributed by atoms with Crippen LogP contribution < -0.4 is 4.72 Å². The summed E-state index contributed by atoms with van der Waals surface area (Å²) in [6.07, 6.45) is 2.36. The zero-order chi connectivity index (χ0) is 14.8. The molecule has 1 saturated heterocycles. The molecule has 0 aliphatic carbocycles. The monoisotopic (exact) mass is 302 g/mol. The van der Waals surface area contributed by atoms with Crippen LogP contribution in [0.2, 0.25) is 0 Å². The van der Waals surface area contributed by atoms with Gasteiger partial charge in [-0.05, 0) is 39.8 Å². The Kier molecular flexibility index (Phi) is 4.85. The third-order valence-electron chi connectivity index (χ3n) is 3.70. The second-order valence-corrected chi connectivity index (χ2v) is 6.97. The Hall–Kier alpha value is -0.890. The molecule has 1 aliphatic rings. The highest BCUT2D eigenvalue weighted by molar-refractivity contribution is 7.89. The van der Waals surface area contributed by atoms with Gasteiger partial charge in [0.1, 0.15) is 23.0 Å². The number of rotatable bonds is 6. The van der Waals surface area contributed by atoms with E-state index < -0.39 is 10.0 Å². The smallest absolute Gasteiger partial charge is 0.244 e. The van der Waals surface area contributed by atoms with Gasteiger partial charge in [0.05, 0.1) is 0 Å². The van der Waals surface area contributed by atoms with Gasteiger partial charge < -0.3 is 9.52 Å². The Bertz CT molecular complexity index is 547. The zero-order valence-electron chi connectivity index (χ0n) is 11.9. The van der Waals surface area contributed by atoms with Gasteiger partial charge in [-0.3, -0.25) is 4.90 Å². The fourth-order valence-corrected chi connectivity index (χ4v) is 3.81. The van der Waals surface area contributed by atoms with Crippen molar-refractivity contribution in [1.82, 2.24) is 9.62 Å². The number of aliphatic hydroxyl groups is 1. The molecule has 6 nitrogen and oxygen atoms in total. The van der Waals surface area contributed by atoms with Crippen LogP contribution in [0.3, 0.4) is 0 Å². The van der Waals surface area contributed by atoms with Crippen LogP contribution in [0.15, 0.2) is 15.4 Å². The van der Waals surface area contributed by atoms with Gasteiger partial charge in [0.2, 0.25) is 10.0 Å². The van der Waals surface area contributed by atoms with Crippen molar-refractivity contribution in [3.05, 3.63) is 17.6 Å². The fourth-order valence-electron chi connectivity index (χ4n) is 2.49. The number of aliphatic hydroxyl groups excluding tert-OH is 1. The molecule has 0 bridgehead atoms. The van der Waals surface area contributed by atoms with Gasteiger partial charge in [-0.15, -0.1) is 0 Å². The number of hydrogen-bond donors (Lipinski definition) is 2. The summed E-state index contributed by atoms with van der Waals surface area (Å²) in [5.74, 6) is 0.561. The lowest BCUT2D eigenvalue weighted by Gasteiger charge is -2.23. The minimum atomic E-state index is -3.59. The van der Waals surface area contributed by atoms with E-state index in [0.717, 1.165) is 13.1 Å². The number of sulfonamides is 1. The average Bonchev–Trinajstić information content (AvgIpc) is 3.05. The summed E-state index contributed by atoms with van der Waals surface area (Å²) in [7, 11) is -3.59. The van der Waals surface area contributed by atoms with E-state index in [1.165, 1.54) is 18.9 Å². The van der Waals surface area contributed by atoms with Crippen molar-refractivity contribution in [1.29, 1.82) is 0 Å². The number of likely N-dealkylation sites (tertiary alicyclic amines) is 1. The molecule has 0 saturated carbocycles. The number of nitrogens with one attached hydrogen (secondary N) is 1. The lowest BCUT2D eigenvalue weighted by molar-refractivity contribution is 0.244. The van der Waals surface area contributed by atoms with Gasteiger partial charge in [-0.25, -0.2) is 13.1 Å². The van der Waals surface area contributed by atoms with Crippen LogP contribution in [-0.2, 0) is 16.6 Å². The van der Waals surface area contributed by atoms with Gasteiger partial charge >= 0.3 is 0 Å². The molecular formula is C13H22N2O4S. The predicted molar refractivity (Wildman–Crippen MR) is 74.8 cm³/mol. The highest BCUT2D eigenvalue weighted by atomic mass is 32.2. The zero-order valence-corrected chi connectivity index (χ0v) is 12.7. The van der Waals surface area contributed by atoms with E-state index >= 15 is 0 Å². The van der Waals surface area contributed by atoms with Crippen LogP contribution in [-0.4, -0.2) is 44.1 Å². The molecule has 20 heavy (non-hydrogen) atoms. The molecule has 1 aromatic heterocycles. The van der Waals surface area contributed by atoms with Crippen LogP contribution in [0.5, 0.6) is 0 Å². The number of nitrogens with zero attached hydrogens (tertiary/aromatic N) is 1. The molecule has 0 radical (unpaired) electrons. The van der Waals surface area contributed by atoms with Crippen LogP contribution in [0.1, 0.15) is 31.3 Å². The average molecular weight is 302 g/mol. The first kappa shape index (κ1) is 15.5. The van der Waals surface area contributed by atoms with Gasteiger partial charge in [-0.2, -0.15) is 0 Å². The van der Waals surface area contributed by atoms with Crippen molar-refractivity contribution in [3.8, 4) is 0 Å². The van der Waals surface area contributed by atoms with E-state index in [4.69, 9.17) is 9.52 Å². The van der Waals surface area contributed by atoms with Crippen molar-refractivity contribution in [2.45, 2.75) is 44.2 Å². The normalized spacial score (nSPS) is 18.6. The molecule has 1 fully saturated rings. The summed E-state index contributed by atoms with van der Waals surface area (Å²) in [4.78, 5) is 2.39. The van der Waals surface area contributed by atoms with E-state index in [9.17, 15) is 8.42 Å². The van der Waals surface area contributed by atoms with E-state index in [1.807, 2.05) is 6.92 Å². The highest BCUT2D eigenvalue weighted by Gasteiger charge is 2.24. The number of hydrogen-bond acceptors (Lipinski definition) is 5. The number of furan rings is 1. The van der Waals surface area contributed by atoms with Crippen LogP contribution in [0, 0.1) is 6.92 Å². The Morgan fingerprint density at radius 1 is 1.45 bits per heavy atom. The minimum Gasteiger partial charge on any atom is -0.462 e. The number of aryl methyl sites for hydroxylation is 1. The first-order valence-electron chi connectivity index (χ1n) is 6.88. The Morgan fingerprint density at radius 2 is 2.10 bits per heavy atom. The maximum atomic E-state index is 12.2. The summed E-state index contributed by atoms with van der Waals surface area (Å²) in [6, 6.07) is 1.55. The highest BCUT2D eigenvalue weighted by Crippen LogP contribution is 2.20. The fraction of sp³-hybridized carbons (Fsp3) is 0.692. The Balaban J connectivity index is 2.01. The summed E-state index contributed by atoms with van der Waals surface area (Å²) < 4.78 is 32.3. The van der Waals surface area contributed by atoms with E-state index in [1.54, 1.807) is 6.92 Å². The third kappa shape index (κ3) is 3.41. The van der Waals surface area contributed by atoms with Gasteiger partial charge in [0, 0.05) is 18.7 Å². The topological polar surface area (TPSA) is 82.8 Å². The van der Waals surface area contributed by atoms with Gasteiger partial charge in [-0.1, -0.05) is 0 Å². The quantitative estimate of drug-likeness (QED) is 0.814. The summed E-state index contributed by atoms with van der Waals surface area (Å²) in [5, 5.41) is 8.99. The SMILES string of the molecule is Cc1oc(CO)cc1S(=O)(=O)NCC(C)N1CCCC1. The van der Waals surface area contributed by atoms with Crippen molar-refractivity contribution < 1.29 is 17.9 Å². The van der Waals surface area contributed by atoms with Crippen LogP contribution in [0.4, 0.5) is 0 Å². The van der Waals surface area contributed by atoms with Gasteiger partial charge in [0.15, 0.2) is 0 Å². The maximum Gasteiger partial charge on any atom is 0.244 e. The maximum absolute atomic E-state index is 12.2. The molecule has 1 atom stereocenters. The van der Waals surface area contributed by atoms with Crippen molar-refractivity contribution in [3.63, 3.8) is 0 Å². The van der Waals surface area contributed by atoms with Crippen LogP contribution >= 0.6 is 0 Å². The molecule has 2 N–H and O–H groups in total. The standard InChI is InChI=1S/C13H22N2O4S/c1-10(15-5-3-4-6-15)8-14-20(17,18)13-7-12(9-16)19-11(13)2/h7,10,14,16H,3-6,8-9H2,1-2H3. The second-order valence-electron chi connectivity index (χ2n) is 5.24. The van der Waals surface area contributed by atoms with Crippen molar-refractivity contribution in [2.24, 2.45) is 0 Å². The van der Waals surface area contributed by atoms with Crippen LogP contribution in [0.25, 0.3) is 0 Å². The van der Waals surface area contributed by atoms with Crippen molar-refractivity contribution >= 4 is 10.0 Å². The van der Waals surface area contributed by atoms with E-state index in [-0.39, 0.29) is 23.3 Å². The molecule has 1 aliphatic heterocycles. The molecule has 1 aromatic rings. The summed E-state index contributed by atoms with van der Waals surface area (Å²) in [5.41, 5.74) is 0. The molecule has 1 unspecified atom stereocenters. The molecular weight excluding hydrogens is 280 g/mol. The first-order valence-corrected chi connectivity index (χ1v) is 8.36. The Morgan fingerprint density at radius 3 is 2.65 bits per heavy atom. The molecule has 0 spiro atoms. The Labute approximate surface area is 119 Å². The van der Waals surface area contributed by atoms with E-state index in [0.29, 0.717) is 12.3 Å². The second kappa shape index (κ2) is 6.26. The summed E-state index contributed by atoms with van der Waals surface area (Å²) in [6.45, 7) is 5.74. The molecule has 7 heteroatoms.